The fraction of sp³-hybridized carbons (Fsp3) is 0.444. The smallest absolute Gasteiger partial charge is 0.242 e. The lowest BCUT2D eigenvalue weighted by atomic mass is 10.4. The van der Waals surface area contributed by atoms with Crippen molar-refractivity contribution < 1.29 is 8.42 Å². The van der Waals surface area contributed by atoms with Crippen molar-refractivity contribution in [3.05, 3.63) is 23.5 Å². The molecule has 5 nitrogen and oxygen atoms in total. The number of rotatable bonds is 6. The van der Waals surface area contributed by atoms with Gasteiger partial charge in [-0.1, -0.05) is 11.6 Å². The quantitative estimate of drug-likeness (QED) is 0.739. The second-order valence-corrected chi connectivity index (χ2v) is 5.40. The van der Waals surface area contributed by atoms with Crippen LogP contribution in [-0.4, -0.2) is 33.5 Å². The summed E-state index contributed by atoms with van der Waals surface area (Å²) in [6.45, 7) is 1.14. The number of nitrogens with zero attached hydrogens (tertiary/aromatic N) is 1. The molecule has 0 aliphatic heterocycles. The van der Waals surface area contributed by atoms with E-state index in [1.807, 2.05) is 7.05 Å². The lowest BCUT2D eigenvalue weighted by Crippen LogP contribution is -2.26. The maximum Gasteiger partial charge on any atom is 0.242 e. The van der Waals surface area contributed by atoms with Crippen molar-refractivity contribution in [1.29, 1.82) is 0 Å². The van der Waals surface area contributed by atoms with Crippen molar-refractivity contribution in [2.75, 3.05) is 20.1 Å². The van der Waals surface area contributed by atoms with Gasteiger partial charge in [0.05, 0.1) is 5.02 Å². The number of hydrogen-bond donors (Lipinski definition) is 2. The third kappa shape index (κ3) is 4.05. The van der Waals surface area contributed by atoms with Crippen LogP contribution in [-0.2, 0) is 10.0 Å². The van der Waals surface area contributed by atoms with Gasteiger partial charge in [-0.25, -0.2) is 13.1 Å². The molecule has 0 saturated heterocycles. The van der Waals surface area contributed by atoms with Crippen LogP contribution in [0.4, 0.5) is 0 Å². The first-order valence-corrected chi connectivity index (χ1v) is 6.67. The minimum atomic E-state index is -3.49. The molecular weight excluding hydrogens is 250 g/mol. The van der Waals surface area contributed by atoms with Crippen molar-refractivity contribution >= 4 is 21.6 Å². The van der Waals surface area contributed by atoms with Gasteiger partial charge >= 0.3 is 0 Å². The molecule has 0 amide bonds. The van der Waals surface area contributed by atoms with Crippen LogP contribution in [0.1, 0.15) is 6.42 Å². The Labute approximate surface area is 100 Å². The second-order valence-electron chi connectivity index (χ2n) is 3.19. The SMILES string of the molecule is CNCCCNS(=O)(=O)c1cncc(Cl)c1. The molecule has 0 radical (unpaired) electrons. The van der Waals surface area contributed by atoms with E-state index >= 15 is 0 Å². The van der Waals surface area contributed by atoms with Gasteiger partial charge in [0.2, 0.25) is 10.0 Å². The fourth-order valence-electron chi connectivity index (χ4n) is 1.09. The normalized spacial score (nSPS) is 11.6. The molecule has 7 heteroatoms. The van der Waals surface area contributed by atoms with Crippen LogP contribution in [0.2, 0.25) is 5.02 Å². The Balaban J connectivity index is 2.64. The van der Waals surface area contributed by atoms with E-state index in [1.165, 1.54) is 18.5 Å². The van der Waals surface area contributed by atoms with Gasteiger partial charge in [0.25, 0.3) is 0 Å². The average molecular weight is 264 g/mol. The van der Waals surface area contributed by atoms with Gasteiger partial charge in [0, 0.05) is 18.9 Å². The van der Waals surface area contributed by atoms with E-state index in [0.717, 1.165) is 13.0 Å². The number of aromatic nitrogens is 1. The molecule has 0 unspecified atom stereocenters. The zero-order chi connectivity index (χ0) is 12.0. The molecule has 1 aromatic rings. The Morgan fingerprint density at radius 1 is 1.38 bits per heavy atom. The van der Waals surface area contributed by atoms with E-state index in [1.54, 1.807) is 0 Å². The van der Waals surface area contributed by atoms with Crippen molar-refractivity contribution in [1.82, 2.24) is 15.0 Å². The highest BCUT2D eigenvalue weighted by Crippen LogP contribution is 2.12. The first-order chi connectivity index (χ1) is 7.56. The number of sulfonamides is 1. The number of pyridine rings is 1. The Morgan fingerprint density at radius 2 is 2.12 bits per heavy atom. The molecule has 16 heavy (non-hydrogen) atoms. The molecule has 0 aliphatic carbocycles. The van der Waals surface area contributed by atoms with Crippen LogP contribution in [0.25, 0.3) is 0 Å². The maximum atomic E-state index is 11.7. The third-order valence-electron chi connectivity index (χ3n) is 1.89. The topological polar surface area (TPSA) is 71.1 Å². The number of nitrogens with one attached hydrogen (secondary N) is 2. The summed E-state index contributed by atoms with van der Waals surface area (Å²) in [5.74, 6) is 0. The molecule has 0 aromatic carbocycles. The predicted molar refractivity (Wildman–Crippen MR) is 63.0 cm³/mol. The molecule has 1 aromatic heterocycles. The van der Waals surface area contributed by atoms with Crippen LogP contribution in [0.15, 0.2) is 23.4 Å². The van der Waals surface area contributed by atoms with Gasteiger partial charge < -0.3 is 5.32 Å². The Bertz CT molecular complexity index is 436. The zero-order valence-corrected chi connectivity index (χ0v) is 10.5. The average Bonchev–Trinajstić information content (AvgIpc) is 2.24. The Morgan fingerprint density at radius 3 is 2.75 bits per heavy atom. The van der Waals surface area contributed by atoms with Crippen LogP contribution >= 0.6 is 11.6 Å². The standard InChI is InChI=1S/C9H14ClN3O2S/c1-11-3-2-4-13-16(14,15)9-5-8(10)6-12-7-9/h5-7,11,13H,2-4H2,1H3. The summed E-state index contributed by atoms with van der Waals surface area (Å²) in [6.07, 6.45) is 3.39. The molecule has 0 spiro atoms. The van der Waals surface area contributed by atoms with E-state index in [2.05, 4.69) is 15.0 Å². The maximum absolute atomic E-state index is 11.7. The summed E-state index contributed by atoms with van der Waals surface area (Å²) in [6, 6.07) is 1.37. The first-order valence-electron chi connectivity index (χ1n) is 4.81. The summed E-state index contributed by atoms with van der Waals surface area (Å²) in [7, 11) is -1.67. The lowest BCUT2D eigenvalue weighted by Gasteiger charge is -2.06. The molecule has 0 bridgehead atoms. The molecule has 1 heterocycles. The number of halogens is 1. The van der Waals surface area contributed by atoms with Crippen molar-refractivity contribution in [2.24, 2.45) is 0 Å². The van der Waals surface area contributed by atoms with E-state index in [-0.39, 0.29) is 4.90 Å². The summed E-state index contributed by atoms with van der Waals surface area (Å²) in [5, 5.41) is 3.24. The summed E-state index contributed by atoms with van der Waals surface area (Å²) in [5.41, 5.74) is 0. The highest BCUT2D eigenvalue weighted by molar-refractivity contribution is 7.89. The van der Waals surface area contributed by atoms with Crippen LogP contribution in [0, 0.1) is 0 Å². The van der Waals surface area contributed by atoms with E-state index in [9.17, 15) is 8.42 Å². The van der Waals surface area contributed by atoms with Gasteiger partial charge in [-0.05, 0) is 26.1 Å². The minimum Gasteiger partial charge on any atom is -0.320 e. The van der Waals surface area contributed by atoms with Gasteiger partial charge in [0.15, 0.2) is 0 Å². The summed E-state index contributed by atoms with van der Waals surface area (Å²) in [4.78, 5) is 3.82. The van der Waals surface area contributed by atoms with Gasteiger partial charge in [-0.2, -0.15) is 0 Å². The molecule has 0 saturated carbocycles. The van der Waals surface area contributed by atoms with Crippen molar-refractivity contribution in [3.8, 4) is 0 Å². The molecule has 0 atom stereocenters. The highest BCUT2D eigenvalue weighted by Gasteiger charge is 2.13. The van der Waals surface area contributed by atoms with E-state index in [0.29, 0.717) is 11.6 Å². The molecular formula is C9H14ClN3O2S. The van der Waals surface area contributed by atoms with Crippen molar-refractivity contribution in [2.45, 2.75) is 11.3 Å². The van der Waals surface area contributed by atoms with E-state index < -0.39 is 10.0 Å². The van der Waals surface area contributed by atoms with Gasteiger partial charge in [-0.3, -0.25) is 4.98 Å². The van der Waals surface area contributed by atoms with Gasteiger partial charge in [-0.15, -0.1) is 0 Å². The van der Waals surface area contributed by atoms with Gasteiger partial charge in [0.1, 0.15) is 4.90 Å². The second kappa shape index (κ2) is 6.15. The molecule has 1 rings (SSSR count). The lowest BCUT2D eigenvalue weighted by molar-refractivity contribution is 0.577. The van der Waals surface area contributed by atoms with Crippen LogP contribution < -0.4 is 10.0 Å². The van der Waals surface area contributed by atoms with E-state index in [4.69, 9.17) is 11.6 Å². The first kappa shape index (κ1) is 13.4. The Kier molecular flexibility index (Phi) is 5.14. The number of hydrogen-bond acceptors (Lipinski definition) is 4. The van der Waals surface area contributed by atoms with Crippen LogP contribution in [0.5, 0.6) is 0 Å². The monoisotopic (exact) mass is 263 g/mol. The minimum absolute atomic E-state index is 0.0875. The zero-order valence-electron chi connectivity index (χ0n) is 8.90. The van der Waals surface area contributed by atoms with Crippen LogP contribution in [0.3, 0.4) is 0 Å². The molecule has 0 fully saturated rings. The fourth-order valence-corrected chi connectivity index (χ4v) is 2.39. The highest BCUT2D eigenvalue weighted by atomic mass is 35.5. The predicted octanol–water partition coefficient (Wildman–Crippen LogP) is 0.623. The van der Waals surface area contributed by atoms with Crippen molar-refractivity contribution in [3.63, 3.8) is 0 Å². The summed E-state index contributed by atoms with van der Waals surface area (Å²) >= 11 is 5.67. The third-order valence-corrected chi connectivity index (χ3v) is 3.52. The Hall–Kier alpha value is -0.690. The summed E-state index contributed by atoms with van der Waals surface area (Å²) < 4.78 is 25.9. The molecule has 2 N–H and O–H groups in total. The molecule has 0 aliphatic rings. The largest absolute Gasteiger partial charge is 0.320 e. The molecule has 90 valence electrons.